The highest BCUT2D eigenvalue weighted by Gasteiger charge is 2.26. The van der Waals surface area contributed by atoms with Gasteiger partial charge in [0.25, 0.3) is 0 Å². The van der Waals surface area contributed by atoms with Gasteiger partial charge in [0.05, 0.1) is 0 Å². The molecule has 3 heteroatoms. The fourth-order valence-corrected chi connectivity index (χ4v) is 2.88. The van der Waals surface area contributed by atoms with Crippen LogP contribution in [0.5, 0.6) is 0 Å². The predicted octanol–water partition coefficient (Wildman–Crippen LogP) is 5.21. The fraction of sp³-hybridized carbons (Fsp3) is 0.476. The van der Waals surface area contributed by atoms with E-state index < -0.39 is 5.97 Å². The number of hydrogen-bond acceptors (Lipinski definition) is 2. The Morgan fingerprint density at radius 2 is 1.75 bits per heavy atom. The molecule has 0 fully saturated rings. The van der Waals surface area contributed by atoms with Crippen LogP contribution in [-0.2, 0) is 4.79 Å². The summed E-state index contributed by atoms with van der Waals surface area (Å²) in [5, 5.41) is 15.7. The van der Waals surface area contributed by atoms with E-state index in [4.69, 9.17) is 10.2 Å². The number of hydrogen-bond donors (Lipinski definition) is 2. The Labute approximate surface area is 146 Å². The second-order valence-corrected chi connectivity index (χ2v) is 6.76. The van der Waals surface area contributed by atoms with E-state index in [1.165, 1.54) is 36.5 Å². The van der Waals surface area contributed by atoms with Crippen molar-refractivity contribution >= 4 is 5.97 Å². The van der Waals surface area contributed by atoms with E-state index in [9.17, 15) is 4.79 Å². The standard InChI is InChI=1S/C20H28O2.CH4O/c1-15(8-6-9-16(2)14-19(21)22)11-12-18-17(3)10-7-13-20(18,4)5;1-2/h6,8-9,11-12,14H,7,10,13H2,1-5H3,(H,21,22);2H,1H3/b9-6+,12-11+,15-8+,16-14+;. The van der Waals surface area contributed by atoms with Crippen LogP contribution < -0.4 is 0 Å². The van der Waals surface area contributed by atoms with Gasteiger partial charge in [0.2, 0.25) is 0 Å². The molecule has 0 aromatic rings. The number of aliphatic hydroxyl groups is 1. The Balaban J connectivity index is 0.00000254. The zero-order valence-electron chi connectivity index (χ0n) is 15.9. The second kappa shape index (κ2) is 10.8. The average molecular weight is 332 g/mol. The molecule has 134 valence electrons. The molecule has 0 saturated carbocycles. The summed E-state index contributed by atoms with van der Waals surface area (Å²) in [4.78, 5) is 10.5. The minimum Gasteiger partial charge on any atom is -0.478 e. The molecule has 0 unspecified atom stereocenters. The highest BCUT2D eigenvalue weighted by Crippen LogP contribution is 2.40. The molecule has 0 atom stereocenters. The highest BCUT2D eigenvalue weighted by molar-refractivity contribution is 5.81. The van der Waals surface area contributed by atoms with Gasteiger partial charge in [-0.1, -0.05) is 55.4 Å². The molecular formula is C21H32O3. The maximum Gasteiger partial charge on any atom is 0.328 e. The number of carboxylic acid groups (broad SMARTS) is 1. The van der Waals surface area contributed by atoms with Gasteiger partial charge < -0.3 is 10.2 Å². The van der Waals surface area contributed by atoms with E-state index in [2.05, 4.69) is 39.8 Å². The third-order valence-electron chi connectivity index (χ3n) is 4.12. The zero-order valence-corrected chi connectivity index (χ0v) is 15.9. The summed E-state index contributed by atoms with van der Waals surface area (Å²) in [5.41, 5.74) is 5.09. The molecule has 0 bridgehead atoms. The van der Waals surface area contributed by atoms with E-state index in [0.717, 1.165) is 18.3 Å². The van der Waals surface area contributed by atoms with Crippen molar-refractivity contribution in [3.63, 3.8) is 0 Å². The molecule has 0 aromatic carbocycles. The van der Waals surface area contributed by atoms with Crippen molar-refractivity contribution in [2.24, 2.45) is 5.41 Å². The van der Waals surface area contributed by atoms with Gasteiger partial charge in [0.1, 0.15) is 0 Å². The van der Waals surface area contributed by atoms with Crippen molar-refractivity contribution in [1.29, 1.82) is 0 Å². The van der Waals surface area contributed by atoms with E-state index in [-0.39, 0.29) is 5.41 Å². The van der Waals surface area contributed by atoms with E-state index in [1.54, 1.807) is 13.0 Å². The lowest BCUT2D eigenvalue weighted by atomic mass is 9.72. The van der Waals surface area contributed by atoms with Gasteiger partial charge in [-0.25, -0.2) is 4.79 Å². The van der Waals surface area contributed by atoms with Crippen LogP contribution in [0.25, 0.3) is 0 Å². The van der Waals surface area contributed by atoms with Gasteiger partial charge in [0.15, 0.2) is 0 Å². The minimum atomic E-state index is -0.912. The molecule has 0 saturated heterocycles. The lowest BCUT2D eigenvalue weighted by Crippen LogP contribution is -2.19. The lowest BCUT2D eigenvalue weighted by molar-refractivity contribution is -0.131. The van der Waals surface area contributed by atoms with Crippen molar-refractivity contribution in [2.45, 2.75) is 53.9 Å². The SMILES string of the molecule is CC1=C(/C=C/C(C)=C/C=C/C(C)=C/C(=O)O)C(C)(C)CCC1.CO. The van der Waals surface area contributed by atoms with Gasteiger partial charge in [-0.05, 0) is 56.6 Å². The molecule has 0 amide bonds. The molecular weight excluding hydrogens is 300 g/mol. The highest BCUT2D eigenvalue weighted by atomic mass is 16.4. The summed E-state index contributed by atoms with van der Waals surface area (Å²) in [5.74, 6) is -0.912. The second-order valence-electron chi connectivity index (χ2n) is 6.76. The number of allylic oxidation sites excluding steroid dienone is 9. The van der Waals surface area contributed by atoms with Crippen LogP contribution >= 0.6 is 0 Å². The molecule has 1 aliphatic carbocycles. The van der Waals surface area contributed by atoms with Crippen molar-refractivity contribution < 1.29 is 15.0 Å². The summed E-state index contributed by atoms with van der Waals surface area (Å²) < 4.78 is 0. The first-order chi connectivity index (χ1) is 11.2. The zero-order chi connectivity index (χ0) is 18.8. The van der Waals surface area contributed by atoms with Crippen molar-refractivity contribution in [2.75, 3.05) is 7.11 Å². The Kier molecular flexibility index (Phi) is 9.98. The first-order valence-electron chi connectivity index (χ1n) is 8.31. The molecule has 2 N–H and O–H groups in total. The summed E-state index contributed by atoms with van der Waals surface area (Å²) >= 11 is 0. The van der Waals surface area contributed by atoms with Gasteiger partial charge in [-0.15, -0.1) is 0 Å². The van der Waals surface area contributed by atoms with Crippen LogP contribution in [-0.4, -0.2) is 23.3 Å². The largest absolute Gasteiger partial charge is 0.478 e. The molecule has 24 heavy (non-hydrogen) atoms. The number of aliphatic carboxylic acids is 1. The molecule has 0 spiro atoms. The van der Waals surface area contributed by atoms with Crippen LogP contribution in [0.2, 0.25) is 0 Å². The Morgan fingerprint density at radius 3 is 2.29 bits per heavy atom. The van der Waals surface area contributed by atoms with Crippen LogP contribution in [0.4, 0.5) is 0 Å². The van der Waals surface area contributed by atoms with Gasteiger partial charge in [0, 0.05) is 13.2 Å². The molecule has 1 aliphatic rings. The predicted molar refractivity (Wildman–Crippen MR) is 102 cm³/mol. The van der Waals surface area contributed by atoms with E-state index >= 15 is 0 Å². The molecule has 3 nitrogen and oxygen atoms in total. The Morgan fingerprint density at radius 1 is 1.12 bits per heavy atom. The van der Waals surface area contributed by atoms with Gasteiger partial charge >= 0.3 is 5.97 Å². The minimum absolute atomic E-state index is 0.260. The van der Waals surface area contributed by atoms with Crippen LogP contribution in [0.3, 0.4) is 0 Å². The van der Waals surface area contributed by atoms with Crippen molar-refractivity contribution in [3.05, 3.63) is 58.7 Å². The molecule has 0 radical (unpaired) electrons. The maximum atomic E-state index is 10.5. The van der Waals surface area contributed by atoms with Gasteiger partial charge in [-0.2, -0.15) is 0 Å². The first kappa shape index (κ1) is 22.1. The summed E-state index contributed by atoms with van der Waals surface area (Å²) in [6.07, 6.45) is 15.0. The Bertz CT molecular complexity index is 570. The summed E-state index contributed by atoms with van der Waals surface area (Å²) in [7, 11) is 1.00. The first-order valence-corrected chi connectivity index (χ1v) is 8.31. The third kappa shape index (κ3) is 8.11. The fourth-order valence-electron chi connectivity index (χ4n) is 2.88. The number of carbonyl (C=O) groups is 1. The van der Waals surface area contributed by atoms with Crippen LogP contribution in [0.1, 0.15) is 53.9 Å². The summed E-state index contributed by atoms with van der Waals surface area (Å²) in [6.45, 7) is 10.7. The van der Waals surface area contributed by atoms with E-state index in [1.807, 2.05) is 12.2 Å². The third-order valence-corrected chi connectivity index (χ3v) is 4.12. The molecule has 0 heterocycles. The van der Waals surface area contributed by atoms with Crippen LogP contribution in [0, 0.1) is 5.41 Å². The number of carboxylic acids is 1. The average Bonchev–Trinajstić information content (AvgIpc) is 2.47. The van der Waals surface area contributed by atoms with Gasteiger partial charge in [-0.3, -0.25) is 0 Å². The maximum absolute atomic E-state index is 10.5. The number of aliphatic hydroxyl groups excluding tert-OH is 1. The summed E-state index contributed by atoms with van der Waals surface area (Å²) in [6, 6.07) is 0. The van der Waals surface area contributed by atoms with Crippen molar-refractivity contribution in [3.8, 4) is 0 Å². The van der Waals surface area contributed by atoms with Crippen molar-refractivity contribution in [1.82, 2.24) is 0 Å². The van der Waals surface area contributed by atoms with E-state index in [0.29, 0.717) is 0 Å². The normalized spacial score (nSPS) is 18.8. The smallest absolute Gasteiger partial charge is 0.328 e. The molecule has 0 aliphatic heterocycles. The Hall–Kier alpha value is -1.87. The number of rotatable bonds is 5. The topological polar surface area (TPSA) is 57.5 Å². The molecule has 1 rings (SSSR count). The molecule has 0 aromatic heterocycles. The lowest BCUT2D eigenvalue weighted by Gasteiger charge is -2.32. The quantitative estimate of drug-likeness (QED) is 0.536. The van der Waals surface area contributed by atoms with Crippen LogP contribution in [0.15, 0.2) is 58.7 Å². The monoisotopic (exact) mass is 332 g/mol.